The van der Waals surface area contributed by atoms with Gasteiger partial charge in [-0.3, -0.25) is 5.43 Å². The minimum absolute atomic E-state index is 0.169. The standard InChI is InChI=1S/C14H19F3N2O/c15-14(16,17)13(20)7-11(18-19-13)12-4-8-1-9(5-12)3-10(2-8)6-12/h8-10,19-20H,1-7H2. The van der Waals surface area contributed by atoms with Crippen LogP contribution in [-0.4, -0.2) is 22.7 Å². The SMILES string of the molecule is OC1(C(F)(F)F)CC(C23CC4CC(CC(C4)C2)C3)=NN1. The van der Waals surface area contributed by atoms with Gasteiger partial charge in [-0.1, -0.05) is 0 Å². The first-order valence-corrected chi connectivity index (χ1v) is 7.43. The summed E-state index contributed by atoms with van der Waals surface area (Å²) < 4.78 is 38.7. The summed E-state index contributed by atoms with van der Waals surface area (Å²) in [5.41, 5.74) is -0.492. The second-order valence-electron chi connectivity index (χ2n) is 7.40. The van der Waals surface area contributed by atoms with Gasteiger partial charge in [-0.2, -0.15) is 18.3 Å². The molecule has 0 amide bonds. The molecule has 0 saturated heterocycles. The molecular weight excluding hydrogens is 269 g/mol. The molecule has 3 nitrogen and oxygen atoms in total. The first kappa shape index (κ1) is 12.9. The van der Waals surface area contributed by atoms with Gasteiger partial charge in [0.05, 0.1) is 0 Å². The Labute approximate surface area is 115 Å². The van der Waals surface area contributed by atoms with Crippen LogP contribution in [0.15, 0.2) is 5.10 Å². The Hall–Kier alpha value is -0.780. The molecular formula is C14H19F3N2O. The fraction of sp³-hybridized carbons (Fsp3) is 0.929. The number of nitrogens with one attached hydrogen (secondary N) is 1. The molecule has 6 heteroatoms. The number of hydrogen-bond acceptors (Lipinski definition) is 3. The van der Waals surface area contributed by atoms with E-state index < -0.39 is 18.3 Å². The molecule has 2 N–H and O–H groups in total. The predicted octanol–water partition coefficient (Wildman–Crippen LogP) is 2.80. The van der Waals surface area contributed by atoms with Gasteiger partial charge in [-0.25, -0.2) is 0 Å². The van der Waals surface area contributed by atoms with Crippen LogP contribution in [0.25, 0.3) is 0 Å². The van der Waals surface area contributed by atoms with E-state index in [1.54, 1.807) is 0 Å². The molecule has 4 saturated carbocycles. The third-order valence-electron chi connectivity index (χ3n) is 5.92. The molecule has 1 aliphatic heterocycles. The molecule has 1 heterocycles. The molecule has 5 rings (SSSR count). The zero-order valence-corrected chi connectivity index (χ0v) is 11.2. The number of hydrogen-bond donors (Lipinski definition) is 2. The van der Waals surface area contributed by atoms with E-state index in [0.29, 0.717) is 23.5 Å². The second kappa shape index (κ2) is 3.70. The molecule has 0 aromatic heterocycles. The van der Waals surface area contributed by atoms with Crippen LogP contribution in [0.3, 0.4) is 0 Å². The molecule has 4 aliphatic carbocycles. The lowest BCUT2D eigenvalue weighted by molar-refractivity contribution is -0.266. The predicted molar refractivity (Wildman–Crippen MR) is 66.8 cm³/mol. The van der Waals surface area contributed by atoms with Gasteiger partial charge < -0.3 is 5.11 Å². The van der Waals surface area contributed by atoms with Crippen molar-refractivity contribution in [3.8, 4) is 0 Å². The summed E-state index contributed by atoms with van der Waals surface area (Å²) >= 11 is 0. The van der Waals surface area contributed by atoms with E-state index in [-0.39, 0.29) is 5.41 Å². The summed E-state index contributed by atoms with van der Waals surface area (Å²) in [5, 5.41) is 13.7. The Morgan fingerprint density at radius 3 is 1.95 bits per heavy atom. The highest BCUT2D eigenvalue weighted by Crippen LogP contribution is 2.61. The Morgan fingerprint density at radius 1 is 1.05 bits per heavy atom. The molecule has 0 aromatic carbocycles. The zero-order valence-electron chi connectivity index (χ0n) is 11.2. The van der Waals surface area contributed by atoms with Crippen molar-refractivity contribution >= 4 is 5.71 Å². The second-order valence-corrected chi connectivity index (χ2v) is 7.40. The van der Waals surface area contributed by atoms with E-state index in [0.717, 1.165) is 19.3 Å². The number of hydrazone groups is 1. The minimum atomic E-state index is -4.68. The van der Waals surface area contributed by atoms with Crippen LogP contribution in [0, 0.1) is 23.2 Å². The largest absolute Gasteiger partial charge is 0.438 e. The van der Waals surface area contributed by atoms with Crippen LogP contribution in [0.4, 0.5) is 13.2 Å². The Kier molecular flexibility index (Phi) is 2.39. The van der Waals surface area contributed by atoms with Crippen molar-refractivity contribution in [2.24, 2.45) is 28.3 Å². The smallest absolute Gasteiger partial charge is 0.362 e. The van der Waals surface area contributed by atoms with Crippen LogP contribution < -0.4 is 5.43 Å². The van der Waals surface area contributed by atoms with Gasteiger partial charge in [-0.15, -0.1) is 0 Å². The molecule has 4 fully saturated rings. The highest BCUT2D eigenvalue weighted by atomic mass is 19.4. The monoisotopic (exact) mass is 288 g/mol. The normalized spacial score (nSPS) is 50.2. The van der Waals surface area contributed by atoms with Crippen molar-refractivity contribution in [2.75, 3.05) is 0 Å². The highest BCUT2D eigenvalue weighted by molar-refractivity contribution is 5.92. The maximum Gasteiger partial charge on any atom is 0.438 e. The number of rotatable bonds is 1. The summed E-state index contributed by atoms with van der Waals surface area (Å²) in [7, 11) is 0. The maximum atomic E-state index is 12.9. The van der Waals surface area contributed by atoms with Gasteiger partial charge in [0.15, 0.2) is 0 Å². The van der Waals surface area contributed by atoms with E-state index in [4.69, 9.17) is 0 Å². The number of nitrogens with zero attached hydrogens (tertiary/aromatic N) is 1. The molecule has 0 spiro atoms. The Balaban J connectivity index is 1.60. The van der Waals surface area contributed by atoms with E-state index in [2.05, 4.69) is 5.10 Å². The first-order chi connectivity index (χ1) is 9.30. The lowest BCUT2D eigenvalue weighted by Crippen LogP contribution is -2.54. The fourth-order valence-electron chi connectivity index (χ4n) is 5.42. The fourth-order valence-corrected chi connectivity index (χ4v) is 5.42. The molecule has 20 heavy (non-hydrogen) atoms. The number of alkyl halides is 3. The average molecular weight is 288 g/mol. The van der Waals surface area contributed by atoms with Crippen molar-refractivity contribution in [3.05, 3.63) is 0 Å². The van der Waals surface area contributed by atoms with Gasteiger partial charge in [0.1, 0.15) is 0 Å². The third kappa shape index (κ3) is 1.66. The molecule has 112 valence electrons. The first-order valence-electron chi connectivity index (χ1n) is 7.43. The van der Waals surface area contributed by atoms with Gasteiger partial charge in [0.25, 0.3) is 5.72 Å². The van der Waals surface area contributed by atoms with E-state index in [1.807, 2.05) is 5.43 Å². The van der Waals surface area contributed by atoms with Crippen molar-refractivity contribution < 1.29 is 18.3 Å². The van der Waals surface area contributed by atoms with Crippen LogP contribution in [-0.2, 0) is 0 Å². The van der Waals surface area contributed by atoms with Crippen molar-refractivity contribution in [2.45, 2.75) is 56.8 Å². The topological polar surface area (TPSA) is 44.6 Å². The lowest BCUT2D eigenvalue weighted by atomic mass is 9.48. The summed E-state index contributed by atoms with van der Waals surface area (Å²) in [6.45, 7) is 0. The van der Waals surface area contributed by atoms with E-state index in [9.17, 15) is 18.3 Å². The molecule has 0 radical (unpaired) electrons. The molecule has 1 atom stereocenters. The van der Waals surface area contributed by atoms with Gasteiger partial charge >= 0.3 is 6.18 Å². The van der Waals surface area contributed by atoms with E-state index in [1.165, 1.54) is 19.3 Å². The van der Waals surface area contributed by atoms with Gasteiger partial charge in [-0.05, 0) is 56.3 Å². The van der Waals surface area contributed by atoms with Crippen LogP contribution >= 0.6 is 0 Å². The van der Waals surface area contributed by atoms with Crippen LogP contribution in [0.5, 0.6) is 0 Å². The van der Waals surface area contributed by atoms with Crippen molar-refractivity contribution in [1.82, 2.24) is 5.43 Å². The van der Waals surface area contributed by atoms with E-state index >= 15 is 0 Å². The molecule has 5 aliphatic rings. The Morgan fingerprint density at radius 2 is 1.55 bits per heavy atom. The van der Waals surface area contributed by atoms with Gasteiger partial charge in [0, 0.05) is 17.5 Å². The maximum absolute atomic E-state index is 12.9. The zero-order chi connectivity index (χ0) is 14.2. The third-order valence-corrected chi connectivity index (χ3v) is 5.92. The van der Waals surface area contributed by atoms with Gasteiger partial charge in [0.2, 0.25) is 0 Å². The van der Waals surface area contributed by atoms with Crippen LogP contribution in [0.1, 0.15) is 44.9 Å². The minimum Gasteiger partial charge on any atom is -0.362 e. The molecule has 4 bridgehead atoms. The molecule has 1 unspecified atom stereocenters. The van der Waals surface area contributed by atoms with Crippen molar-refractivity contribution in [1.29, 1.82) is 0 Å². The summed E-state index contributed by atoms with van der Waals surface area (Å²) in [6, 6.07) is 0. The summed E-state index contributed by atoms with van der Waals surface area (Å²) in [4.78, 5) is 0. The number of aliphatic hydroxyl groups is 1. The highest BCUT2D eigenvalue weighted by Gasteiger charge is 2.61. The van der Waals surface area contributed by atoms with Crippen molar-refractivity contribution in [3.63, 3.8) is 0 Å². The number of halogens is 3. The summed E-state index contributed by atoms with van der Waals surface area (Å²) in [5.74, 6) is 1.97. The average Bonchev–Trinajstić information content (AvgIpc) is 2.71. The van der Waals surface area contributed by atoms with Crippen LogP contribution in [0.2, 0.25) is 0 Å². The quantitative estimate of drug-likeness (QED) is 0.779. The molecule has 0 aromatic rings. The Bertz CT molecular complexity index is 438. The lowest BCUT2D eigenvalue weighted by Gasteiger charge is -2.56. The summed E-state index contributed by atoms with van der Waals surface area (Å²) in [6.07, 6.45) is 1.54.